The van der Waals surface area contributed by atoms with Crippen LogP contribution in [0.3, 0.4) is 0 Å². The summed E-state index contributed by atoms with van der Waals surface area (Å²) in [6, 6.07) is 7.46. The quantitative estimate of drug-likeness (QED) is 0.611. The van der Waals surface area contributed by atoms with Crippen LogP contribution in [-0.4, -0.2) is 18.7 Å². The average Bonchev–Trinajstić information content (AvgIpc) is 2.34. The first-order valence-electron chi connectivity index (χ1n) is 5.63. The zero-order valence-corrected chi connectivity index (χ0v) is 11.7. The second kappa shape index (κ2) is 8.22. The van der Waals surface area contributed by atoms with Gasteiger partial charge in [-0.25, -0.2) is 0 Å². The standard InChI is InChI=1S/C13H15INO2/c14-12-7-5-11(6-8-12)13(17)15-9-3-1-2-4-10-16/h5-8H,1-4,9H2,(H,15,17). The van der Waals surface area contributed by atoms with Crippen molar-refractivity contribution in [3.63, 3.8) is 0 Å². The van der Waals surface area contributed by atoms with Crippen LogP contribution in [0.25, 0.3) is 0 Å². The van der Waals surface area contributed by atoms with Crippen LogP contribution in [0.5, 0.6) is 0 Å². The molecule has 0 spiro atoms. The SMILES string of the molecule is O=[C]CCCCCNC(=O)c1ccc(I)cc1. The maximum atomic E-state index is 11.7. The molecule has 0 atom stereocenters. The van der Waals surface area contributed by atoms with Gasteiger partial charge in [0.25, 0.3) is 5.91 Å². The molecule has 0 saturated carbocycles. The summed E-state index contributed by atoms with van der Waals surface area (Å²) in [5, 5.41) is 2.86. The summed E-state index contributed by atoms with van der Waals surface area (Å²) in [6.07, 6.45) is 5.05. The van der Waals surface area contributed by atoms with E-state index in [1.165, 1.54) is 0 Å². The Hall–Kier alpha value is -0.910. The number of carbonyl (C=O) groups is 1. The predicted octanol–water partition coefficient (Wildman–Crippen LogP) is 2.69. The highest BCUT2D eigenvalue weighted by molar-refractivity contribution is 14.1. The monoisotopic (exact) mass is 344 g/mol. The van der Waals surface area contributed by atoms with Gasteiger partial charge in [0.15, 0.2) is 6.29 Å². The minimum absolute atomic E-state index is 0.0386. The van der Waals surface area contributed by atoms with E-state index in [1.807, 2.05) is 30.6 Å². The summed E-state index contributed by atoms with van der Waals surface area (Å²) in [4.78, 5) is 21.6. The first-order valence-corrected chi connectivity index (χ1v) is 6.70. The molecule has 0 aromatic heterocycles. The molecule has 0 heterocycles. The van der Waals surface area contributed by atoms with E-state index in [2.05, 4.69) is 27.9 Å². The van der Waals surface area contributed by atoms with Gasteiger partial charge in [0.1, 0.15) is 0 Å². The number of benzene rings is 1. The summed E-state index contributed by atoms with van der Waals surface area (Å²) < 4.78 is 1.12. The van der Waals surface area contributed by atoms with Gasteiger partial charge in [0.2, 0.25) is 0 Å². The van der Waals surface area contributed by atoms with E-state index < -0.39 is 0 Å². The van der Waals surface area contributed by atoms with Crippen LogP contribution in [0.4, 0.5) is 0 Å². The van der Waals surface area contributed by atoms with Crippen molar-refractivity contribution >= 4 is 34.8 Å². The zero-order chi connectivity index (χ0) is 12.5. The molecule has 0 fully saturated rings. The minimum Gasteiger partial charge on any atom is -0.352 e. The van der Waals surface area contributed by atoms with Crippen LogP contribution in [0.15, 0.2) is 24.3 Å². The van der Waals surface area contributed by atoms with Gasteiger partial charge in [-0.15, -0.1) is 0 Å². The molecule has 1 aromatic rings. The second-order valence-corrected chi connectivity index (χ2v) is 4.96. The molecule has 1 aromatic carbocycles. The lowest BCUT2D eigenvalue weighted by atomic mass is 10.2. The van der Waals surface area contributed by atoms with E-state index >= 15 is 0 Å². The second-order valence-electron chi connectivity index (χ2n) is 3.72. The van der Waals surface area contributed by atoms with Gasteiger partial charge in [-0.1, -0.05) is 6.42 Å². The van der Waals surface area contributed by atoms with Crippen LogP contribution in [-0.2, 0) is 4.79 Å². The Labute approximate surface area is 115 Å². The Kier molecular flexibility index (Phi) is 6.84. The topological polar surface area (TPSA) is 46.2 Å². The first kappa shape index (κ1) is 14.2. The van der Waals surface area contributed by atoms with Crippen LogP contribution in [0.2, 0.25) is 0 Å². The normalized spacial score (nSPS) is 9.94. The number of amides is 1. The lowest BCUT2D eigenvalue weighted by molar-refractivity contribution is 0.0953. The summed E-state index contributed by atoms with van der Waals surface area (Å²) >= 11 is 2.20. The van der Waals surface area contributed by atoms with Gasteiger partial charge in [0.05, 0.1) is 0 Å². The molecular weight excluding hydrogens is 329 g/mol. The molecule has 1 radical (unpaired) electrons. The first-order chi connectivity index (χ1) is 8.24. The van der Waals surface area contributed by atoms with E-state index in [1.54, 1.807) is 0 Å². The highest BCUT2D eigenvalue weighted by atomic mass is 127. The van der Waals surface area contributed by atoms with Gasteiger partial charge in [-0.2, -0.15) is 0 Å². The molecule has 3 nitrogen and oxygen atoms in total. The van der Waals surface area contributed by atoms with Crippen LogP contribution < -0.4 is 5.32 Å². The van der Waals surface area contributed by atoms with E-state index in [0.29, 0.717) is 18.5 Å². The number of nitrogens with one attached hydrogen (secondary N) is 1. The number of rotatable bonds is 7. The molecular formula is C13H15INO2. The highest BCUT2D eigenvalue weighted by Gasteiger charge is 2.03. The van der Waals surface area contributed by atoms with E-state index in [0.717, 1.165) is 22.8 Å². The van der Waals surface area contributed by atoms with Crippen molar-refractivity contribution in [2.75, 3.05) is 6.54 Å². The molecule has 0 aliphatic rings. The lowest BCUT2D eigenvalue weighted by Crippen LogP contribution is -2.24. The van der Waals surface area contributed by atoms with Gasteiger partial charge in [-0.3, -0.25) is 9.59 Å². The van der Waals surface area contributed by atoms with Crippen molar-refractivity contribution < 1.29 is 9.59 Å². The third kappa shape index (κ3) is 5.81. The maximum Gasteiger partial charge on any atom is 0.251 e. The average molecular weight is 344 g/mol. The molecule has 4 heteroatoms. The van der Waals surface area contributed by atoms with Crippen molar-refractivity contribution in [1.29, 1.82) is 0 Å². The minimum atomic E-state index is -0.0386. The third-order valence-electron chi connectivity index (χ3n) is 2.35. The van der Waals surface area contributed by atoms with Gasteiger partial charge < -0.3 is 5.32 Å². The van der Waals surface area contributed by atoms with Crippen molar-refractivity contribution in [2.45, 2.75) is 25.7 Å². The smallest absolute Gasteiger partial charge is 0.251 e. The van der Waals surface area contributed by atoms with Crippen molar-refractivity contribution in [3.05, 3.63) is 33.4 Å². The highest BCUT2D eigenvalue weighted by Crippen LogP contribution is 2.06. The molecule has 0 unspecified atom stereocenters. The molecule has 0 aliphatic heterocycles. The Morgan fingerprint density at radius 3 is 2.53 bits per heavy atom. The summed E-state index contributed by atoms with van der Waals surface area (Å²) in [7, 11) is 0. The molecule has 1 amide bonds. The van der Waals surface area contributed by atoms with Gasteiger partial charge in [-0.05, 0) is 59.7 Å². The molecule has 1 rings (SSSR count). The number of hydrogen-bond acceptors (Lipinski definition) is 2. The summed E-state index contributed by atoms with van der Waals surface area (Å²) in [5.74, 6) is -0.0386. The fourth-order valence-electron chi connectivity index (χ4n) is 1.40. The molecule has 1 N–H and O–H groups in total. The largest absolute Gasteiger partial charge is 0.352 e. The van der Waals surface area contributed by atoms with E-state index in [-0.39, 0.29) is 5.91 Å². The Bertz CT molecular complexity index is 362. The lowest BCUT2D eigenvalue weighted by Gasteiger charge is -2.04. The number of unbranched alkanes of at least 4 members (excludes halogenated alkanes) is 3. The Morgan fingerprint density at radius 2 is 1.88 bits per heavy atom. The predicted molar refractivity (Wildman–Crippen MR) is 75.7 cm³/mol. The van der Waals surface area contributed by atoms with Crippen molar-refractivity contribution in [1.82, 2.24) is 5.32 Å². The number of halogens is 1. The van der Waals surface area contributed by atoms with Gasteiger partial charge >= 0.3 is 0 Å². The molecule has 0 saturated heterocycles. The van der Waals surface area contributed by atoms with Crippen molar-refractivity contribution in [3.8, 4) is 0 Å². The molecule has 0 bridgehead atoms. The van der Waals surface area contributed by atoms with Crippen LogP contribution in [0, 0.1) is 3.57 Å². The fraction of sp³-hybridized carbons (Fsp3) is 0.385. The summed E-state index contributed by atoms with van der Waals surface area (Å²) in [5.41, 5.74) is 0.687. The molecule has 17 heavy (non-hydrogen) atoms. The molecule has 0 aliphatic carbocycles. The van der Waals surface area contributed by atoms with Crippen LogP contribution in [0.1, 0.15) is 36.0 Å². The van der Waals surface area contributed by atoms with Crippen molar-refractivity contribution in [2.24, 2.45) is 0 Å². The Morgan fingerprint density at radius 1 is 1.18 bits per heavy atom. The third-order valence-corrected chi connectivity index (χ3v) is 3.07. The van der Waals surface area contributed by atoms with E-state index in [4.69, 9.17) is 0 Å². The van der Waals surface area contributed by atoms with Gasteiger partial charge in [0, 0.05) is 22.1 Å². The number of carbonyl (C=O) groups excluding carboxylic acids is 2. The Balaban J connectivity index is 2.21. The summed E-state index contributed by atoms with van der Waals surface area (Å²) in [6.45, 7) is 0.656. The number of hydrogen-bond donors (Lipinski definition) is 1. The molecule has 91 valence electrons. The van der Waals surface area contributed by atoms with E-state index in [9.17, 15) is 9.59 Å². The maximum absolute atomic E-state index is 11.7. The zero-order valence-electron chi connectivity index (χ0n) is 9.54. The fourth-order valence-corrected chi connectivity index (χ4v) is 1.76. The van der Waals surface area contributed by atoms with Crippen LogP contribution >= 0.6 is 22.6 Å².